The van der Waals surface area contributed by atoms with Crippen molar-refractivity contribution >= 4 is 11.6 Å². The molecule has 1 aromatic heterocycles. The molecule has 0 amide bonds. The lowest BCUT2D eigenvalue weighted by molar-refractivity contribution is 0.262. The van der Waals surface area contributed by atoms with Gasteiger partial charge in [-0.1, -0.05) is 6.92 Å². The van der Waals surface area contributed by atoms with Crippen LogP contribution in [0.2, 0.25) is 0 Å². The Morgan fingerprint density at radius 2 is 2.20 bits per heavy atom. The summed E-state index contributed by atoms with van der Waals surface area (Å²) in [5.74, 6) is 2.79. The highest BCUT2D eigenvalue weighted by molar-refractivity contribution is 5.50. The van der Waals surface area contributed by atoms with Crippen LogP contribution < -0.4 is 10.2 Å². The minimum Gasteiger partial charge on any atom is -0.396 e. The minimum absolute atomic E-state index is 0.243. The summed E-state index contributed by atoms with van der Waals surface area (Å²) < 4.78 is 0. The molecule has 1 saturated heterocycles. The zero-order valence-corrected chi connectivity index (χ0v) is 12.6. The summed E-state index contributed by atoms with van der Waals surface area (Å²) in [5.41, 5.74) is 0. The smallest absolute Gasteiger partial charge is 0.134 e. The monoisotopic (exact) mass is 278 g/mol. The van der Waals surface area contributed by atoms with Crippen LogP contribution in [-0.2, 0) is 6.42 Å². The average Bonchev–Trinajstić information content (AvgIpc) is 2.48. The first-order valence-corrected chi connectivity index (χ1v) is 7.77. The Hall–Kier alpha value is -1.36. The van der Waals surface area contributed by atoms with Gasteiger partial charge >= 0.3 is 0 Å². The zero-order valence-electron chi connectivity index (χ0n) is 12.6. The zero-order chi connectivity index (χ0) is 14.4. The fraction of sp³-hybridized carbons (Fsp3) is 0.733. The fourth-order valence-electron chi connectivity index (χ4n) is 2.81. The van der Waals surface area contributed by atoms with Crippen molar-refractivity contribution in [2.75, 3.05) is 29.9 Å². The number of aliphatic hydroxyl groups excluding tert-OH is 1. The maximum absolute atomic E-state index is 9.25. The molecule has 112 valence electrons. The molecule has 0 bridgehead atoms. The number of nitrogens with zero attached hydrogens (tertiary/aromatic N) is 3. The first-order chi connectivity index (χ1) is 9.78. The first kappa shape index (κ1) is 15.0. The van der Waals surface area contributed by atoms with Crippen molar-refractivity contribution in [3.8, 4) is 0 Å². The third-order valence-corrected chi connectivity index (χ3v) is 3.82. The Morgan fingerprint density at radius 3 is 2.90 bits per heavy atom. The van der Waals surface area contributed by atoms with Crippen molar-refractivity contribution in [3.05, 3.63) is 11.9 Å². The molecule has 1 aromatic rings. The predicted octanol–water partition coefficient (Wildman–Crippen LogP) is 2.21. The van der Waals surface area contributed by atoms with Crippen LogP contribution >= 0.6 is 0 Å². The number of nitrogens with one attached hydrogen (secondary N) is 1. The maximum Gasteiger partial charge on any atom is 0.134 e. The van der Waals surface area contributed by atoms with E-state index in [1.165, 1.54) is 12.8 Å². The normalized spacial score (nSPS) is 19.1. The molecule has 0 aromatic carbocycles. The Morgan fingerprint density at radius 1 is 1.35 bits per heavy atom. The highest BCUT2D eigenvalue weighted by atomic mass is 16.3. The van der Waals surface area contributed by atoms with E-state index in [0.29, 0.717) is 6.04 Å². The predicted molar refractivity (Wildman–Crippen MR) is 82.3 cm³/mol. The molecule has 5 heteroatoms. The van der Waals surface area contributed by atoms with Crippen LogP contribution in [-0.4, -0.2) is 40.8 Å². The molecule has 1 aliphatic rings. The Kier molecular flexibility index (Phi) is 5.59. The molecule has 0 aliphatic carbocycles. The Balaban J connectivity index is 2.26. The average molecular weight is 278 g/mol. The third kappa shape index (κ3) is 3.60. The summed E-state index contributed by atoms with van der Waals surface area (Å²) in [7, 11) is 0. The Bertz CT molecular complexity index is 422. The molecule has 2 N–H and O–H groups in total. The number of hydrogen-bond donors (Lipinski definition) is 2. The summed E-state index contributed by atoms with van der Waals surface area (Å²) in [6.07, 6.45) is 5.24. The lowest BCUT2D eigenvalue weighted by Crippen LogP contribution is -2.40. The quantitative estimate of drug-likeness (QED) is 0.835. The van der Waals surface area contributed by atoms with E-state index in [0.717, 1.165) is 49.8 Å². The molecular formula is C15H26N4O. The molecule has 5 nitrogen and oxygen atoms in total. The van der Waals surface area contributed by atoms with E-state index in [1.54, 1.807) is 0 Å². The highest BCUT2D eigenvalue weighted by Crippen LogP contribution is 2.26. The van der Waals surface area contributed by atoms with Gasteiger partial charge in [-0.25, -0.2) is 9.97 Å². The second kappa shape index (κ2) is 7.43. The van der Waals surface area contributed by atoms with Crippen LogP contribution in [0, 0.1) is 0 Å². The van der Waals surface area contributed by atoms with Crippen LogP contribution in [0.3, 0.4) is 0 Å². The van der Waals surface area contributed by atoms with Crippen LogP contribution in [0.25, 0.3) is 0 Å². The lowest BCUT2D eigenvalue weighted by Gasteiger charge is -2.36. The van der Waals surface area contributed by atoms with Gasteiger partial charge in [0.2, 0.25) is 0 Å². The number of aliphatic hydroxyl groups is 1. The fourth-order valence-corrected chi connectivity index (χ4v) is 2.81. The molecule has 0 saturated carbocycles. The number of hydrogen-bond acceptors (Lipinski definition) is 5. The van der Waals surface area contributed by atoms with Crippen molar-refractivity contribution in [3.63, 3.8) is 0 Å². The number of aromatic nitrogens is 2. The molecule has 1 unspecified atom stereocenters. The second-order valence-corrected chi connectivity index (χ2v) is 5.27. The summed E-state index contributed by atoms with van der Waals surface area (Å²) in [6.45, 7) is 6.28. The van der Waals surface area contributed by atoms with Crippen LogP contribution in [0.5, 0.6) is 0 Å². The molecule has 2 heterocycles. The van der Waals surface area contributed by atoms with E-state index in [-0.39, 0.29) is 6.61 Å². The van der Waals surface area contributed by atoms with Crippen molar-refractivity contribution < 1.29 is 5.11 Å². The molecule has 1 aliphatic heterocycles. The van der Waals surface area contributed by atoms with E-state index in [1.807, 2.05) is 6.07 Å². The molecule has 1 atom stereocenters. The van der Waals surface area contributed by atoms with Gasteiger partial charge < -0.3 is 15.3 Å². The lowest BCUT2D eigenvalue weighted by atomic mass is 9.99. The second-order valence-electron chi connectivity index (χ2n) is 5.27. The van der Waals surface area contributed by atoms with Crippen molar-refractivity contribution in [2.45, 2.75) is 52.0 Å². The van der Waals surface area contributed by atoms with Crippen molar-refractivity contribution in [1.82, 2.24) is 9.97 Å². The summed E-state index contributed by atoms with van der Waals surface area (Å²) in [5, 5.41) is 12.5. The van der Waals surface area contributed by atoms with Gasteiger partial charge in [0.15, 0.2) is 0 Å². The number of anilines is 2. The van der Waals surface area contributed by atoms with Gasteiger partial charge in [0.25, 0.3) is 0 Å². The van der Waals surface area contributed by atoms with Gasteiger partial charge in [0.05, 0.1) is 0 Å². The van der Waals surface area contributed by atoms with Crippen LogP contribution in [0.1, 0.15) is 45.4 Å². The molecule has 20 heavy (non-hydrogen) atoms. The molecule has 0 spiro atoms. The largest absolute Gasteiger partial charge is 0.396 e. The van der Waals surface area contributed by atoms with E-state index in [4.69, 9.17) is 0 Å². The number of rotatable bonds is 6. The standard InChI is InChI=1S/C15H26N4O/c1-3-13-17-14(16-4-2)11-15(18-13)19-9-6-5-7-12(19)8-10-20/h11-12,20H,3-10H2,1-2H3,(H,16,17,18). The summed E-state index contributed by atoms with van der Waals surface area (Å²) in [4.78, 5) is 11.5. The molecule has 2 rings (SSSR count). The van der Waals surface area contributed by atoms with E-state index in [9.17, 15) is 5.11 Å². The van der Waals surface area contributed by atoms with Gasteiger partial charge in [-0.2, -0.15) is 0 Å². The number of aryl methyl sites for hydroxylation is 1. The third-order valence-electron chi connectivity index (χ3n) is 3.82. The van der Waals surface area contributed by atoms with Crippen LogP contribution in [0.4, 0.5) is 11.6 Å². The van der Waals surface area contributed by atoms with Gasteiger partial charge in [0.1, 0.15) is 17.5 Å². The molecule has 1 fully saturated rings. The van der Waals surface area contributed by atoms with Gasteiger partial charge in [0, 0.05) is 38.2 Å². The topological polar surface area (TPSA) is 61.3 Å². The summed E-state index contributed by atoms with van der Waals surface area (Å²) in [6, 6.07) is 2.45. The minimum atomic E-state index is 0.243. The van der Waals surface area contributed by atoms with E-state index >= 15 is 0 Å². The van der Waals surface area contributed by atoms with E-state index < -0.39 is 0 Å². The van der Waals surface area contributed by atoms with Crippen molar-refractivity contribution in [1.29, 1.82) is 0 Å². The van der Waals surface area contributed by atoms with Gasteiger partial charge in [-0.3, -0.25) is 0 Å². The van der Waals surface area contributed by atoms with Gasteiger partial charge in [-0.15, -0.1) is 0 Å². The highest BCUT2D eigenvalue weighted by Gasteiger charge is 2.23. The maximum atomic E-state index is 9.25. The van der Waals surface area contributed by atoms with Gasteiger partial charge in [-0.05, 0) is 32.6 Å². The first-order valence-electron chi connectivity index (χ1n) is 7.77. The Labute approximate surface area is 121 Å². The SMILES string of the molecule is CCNc1cc(N2CCCCC2CCO)nc(CC)n1. The van der Waals surface area contributed by atoms with E-state index in [2.05, 4.69) is 34.0 Å². The number of piperidine rings is 1. The summed E-state index contributed by atoms with van der Waals surface area (Å²) >= 11 is 0. The molecule has 0 radical (unpaired) electrons. The van der Waals surface area contributed by atoms with Crippen LogP contribution in [0.15, 0.2) is 6.07 Å². The molecular weight excluding hydrogens is 252 g/mol. The van der Waals surface area contributed by atoms with Crippen molar-refractivity contribution in [2.24, 2.45) is 0 Å².